The minimum atomic E-state index is -4.82. The molecule has 2 unspecified atom stereocenters. The van der Waals surface area contributed by atoms with Crippen LogP contribution in [-0.4, -0.2) is 55.8 Å². The molecule has 1 aliphatic heterocycles. The number of carboxylic acids is 1. The summed E-state index contributed by atoms with van der Waals surface area (Å²) in [7, 11) is 0. The SMILES string of the molecule is O=C(NC(c1cn2ncc(CC3(C(=O)O)C[C@@H](C(F)(F)F)NC3=O)cc2n1)C1CCC(F)(F)CC1)OCc1ccccc1. The monoisotopic (exact) mass is 609 g/mol. The zero-order valence-corrected chi connectivity index (χ0v) is 22.6. The van der Waals surface area contributed by atoms with Gasteiger partial charge in [-0.2, -0.15) is 18.3 Å². The Morgan fingerprint density at radius 1 is 1.16 bits per heavy atom. The average molecular weight is 610 g/mol. The van der Waals surface area contributed by atoms with Gasteiger partial charge in [0.25, 0.3) is 0 Å². The van der Waals surface area contributed by atoms with Crippen molar-refractivity contribution < 1.29 is 46.2 Å². The number of aliphatic carboxylic acids is 1. The number of alkyl carbamates (subject to hydrolysis) is 1. The number of carbonyl (C=O) groups is 3. The number of carbonyl (C=O) groups excluding carboxylic acids is 2. The molecule has 2 aromatic heterocycles. The molecule has 3 aromatic rings. The molecule has 2 amide bonds. The van der Waals surface area contributed by atoms with Gasteiger partial charge in [-0.05, 0) is 42.4 Å². The van der Waals surface area contributed by atoms with Crippen LogP contribution in [0.15, 0.2) is 48.8 Å². The standard InChI is InChI=1S/C28H28F5N5O5/c29-27(30)8-6-18(7-9-27)22(37-25(42)43-15-16-4-2-1-3-5-16)19-14-38-21(35-19)10-17(13-34-38)11-26(24(40)41)12-20(28(31,32)33)36-23(26)39/h1-5,10,13-14,18,20,22H,6-9,11-12,15H2,(H,36,39)(H,37,42)(H,40,41)/t20-,22?,26?/m0/s1. The molecule has 3 heterocycles. The Bertz CT molecular complexity index is 1500. The van der Waals surface area contributed by atoms with E-state index in [0.29, 0.717) is 0 Å². The van der Waals surface area contributed by atoms with Crippen LogP contribution in [0.5, 0.6) is 0 Å². The quantitative estimate of drug-likeness (QED) is 0.251. The third kappa shape index (κ3) is 6.54. The van der Waals surface area contributed by atoms with Crippen molar-refractivity contribution in [3.8, 4) is 0 Å². The summed E-state index contributed by atoms with van der Waals surface area (Å²) in [5, 5.41) is 18.4. The molecule has 10 nitrogen and oxygen atoms in total. The van der Waals surface area contributed by atoms with Crippen LogP contribution in [0.25, 0.3) is 5.65 Å². The van der Waals surface area contributed by atoms with E-state index in [1.165, 1.54) is 23.0 Å². The number of aromatic nitrogens is 3. The van der Waals surface area contributed by atoms with Gasteiger partial charge in [0.2, 0.25) is 11.8 Å². The molecule has 1 saturated carbocycles. The lowest BCUT2D eigenvalue weighted by atomic mass is 9.79. The summed E-state index contributed by atoms with van der Waals surface area (Å²) in [4.78, 5) is 41.8. The Labute approximate surface area is 241 Å². The molecule has 1 saturated heterocycles. The average Bonchev–Trinajstić information content (AvgIpc) is 3.52. The molecular weight excluding hydrogens is 581 g/mol. The van der Waals surface area contributed by atoms with E-state index in [1.54, 1.807) is 29.6 Å². The van der Waals surface area contributed by atoms with E-state index in [-0.39, 0.29) is 49.2 Å². The van der Waals surface area contributed by atoms with E-state index >= 15 is 0 Å². The largest absolute Gasteiger partial charge is 0.480 e. The predicted molar refractivity (Wildman–Crippen MR) is 139 cm³/mol. The van der Waals surface area contributed by atoms with Gasteiger partial charge in [0.15, 0.2) is 11.1 Å². The zero-order chi connectivity index (χ0) is 31.0. The fraction of sp³-hybridized carbons (Fsp3) is 0.464. The maximum Gasteiger partial charge on any atom is 0.408 e. The van der Waals surface area contributed by atoms with Crippen LogP contribution in [0.4, 0.5) is 26.7 Å². The lowest BCUT2D eigenvalue weighted by molar-refractivity contribution is -0.158. The van der Waals surface area contributed by atoms with Crippen molar-refractivity contribution >= 4 is 23.6 Å². The Morgan fingerprint density at radius 3 is 2.49 bits per heavy atom. The first-order chi connectivity index (χ1) is 20.3. The van der Waals surface area contributed by atoms with Gasteiger partial charge in [0.05, 0.1) is 24.1 Å². The van der Waals surface area contributed by atoms with Crippen LogP contribution in [-0.2, 0) is 27.4 Å². The normalized spacial score (nSPS) is 23.1. The highest BCUT2D eigenvalue weighted by Crippen LogP contribution is 2.42. The Kier molecular flexibility index (Phi) is 8.01. The van der Waals surface area contributed by atoms with Gasteiger partial charge in [-0.3, -0.25) is 9.59 Å². The molecule has 2 aliphatic rings. The lowest BCUT2D eigenvalue weighted by Crippen LogP contribution is -2.41. The van der Waals surface area contributed by atoms with Crippen molar-refractivity contribution in [1.29, 1.82) is 0 Å². The highest BCUT2D eigenvalue weighted by molar-refractivity contribution is 6.04. The van der Waals surface area contributed by atoms with Gasteiger partial charge >= 0.3 is 18.2 Å². The number of alkyl halides is 5. The summed E-state index contributed by atoms with van der Waals surface area (Å²) >= 11 is 0. The van der Waals surface area contributed by atoms with E-state index < -0.39 is 66.3 Å². The molecule has 2 fully saturated rings. The summed E-state index contributed by atoms with van der Waals surface area (Å²) < 4.78 is 74.3. The molecule has 1 aromatic carbocycles. The highest BCUT2D eigenvalue weighted by atomic mass is 19.4. The third-order valence-electron chi connectivity index (χ3n) is 8.04. The van der Waals surface area contributed by atoms with E-state index in [2.05, 4.69) is 15.4 Å². The van der Waals surface area contributed by atoms with Gasteiger partial charge in [-0.1, -0.05) is 30.3 Å². The minimum Gasteiger partial charge on any atom is -0.480 e. The van der Waals surface area contributed by atoms with E-state index in [9.17, 15) is 41.4 Å². The van der Waals surface area contributed by atoms with Crippen LogP contribution in [0.2, 0.25) is 0 Å². The first-order valence-electron chi connectivity index (χ1n) is 13.6. The molecule has 0 spiro atoms. The number of fused-ring (bicyclic) bond motifs is 1. The summed E-state index contributed by atoms with van der Waals surface area (Å²) in [5.41, 5.74) is -1.04. The number of carboxylic acid groups (broad SMARTS) is 1. The first kappa shape index (κ1) is 30.2. The Morgan fingerprint density at radius 2 is 1.86 bits per heavy atom. The van der Waals surface area contributed by atoms with Crippen molar-refractivity contribution in [3.63, 3.8) is 0 Å². The second-order valence-corrected chi connectivity index (χ2v) is 11.0. The topological polar surface area (TPSA) is 135 Å². The van der Waals surface area contributed by atoms with Crippen molar-refractivity contribution in [1.82, 2.24) is 25.2 Å². The molecule has 3 atom stereocenters. The molecule has 5 rings (SSSR count). The second kappa shape index (κ2) is 11.4. The summed E-state index contributed by atoms with van der Waals surface area (Å²) in [6.07, 6.45) is -5.02. The molecule has 0 radical (unpaired) electrons. The number of rotatable bonds is 8. The second-order valence-electron chi connectivity index (χ2n) is 11.0. The Balaban J connectivity index is 1.38. The molecule has 15 heteroatoms. The van der Waals surface area contributed by atoms with Crippen molar-refractivity contribution in [2.24, 2.45) is 11.3 Å². The number of hydrogen-bond acceptors (Lipinski definition) is 6. The Hall–Kier alpha value is -4.30. The van der Waals surface area contributed by atoms with Gasteiger partial charge in [0, 0.05) is 19.3 Å². The van der Waals surface area contributed by atoms with Crippen LogP contribution in [0.1, 0.15) is 55.0 Å². The molecule has 0 bridgehead atoms. The van der Waals surface area contributed by atoms with Gasteiger partial charge in [0.1, 0.15) is 12.6 Å². The molecular formula is C28H28F5N5O5. The maximum absolute atomic E-state index is 13.9. The number of amides is 2. The van der Waals surface area contributed by atoms with E-state index in [1.807, 2.05) is 6.07 Å². The number of nitrogens with zero attached hydrogens (tertiary/aromatic N) is 3. The molecule has 230 valence electrons. The van der Waals surface area contributed by atoms with E-state index in [0.717, 1.165) is 5.56 Å². The first-order valence-corrected chi connectivity index (χ1v) is 13.6. The summed E-state index contributed by atoms with van der Waals surface area (Å²) in [6.45, 7) is -0.0215. The van der Waals surface area contributed by atoms with Crippen LogP contribution < -0.4 is 10.6 Å². The zero-order valence-electron chi connectivity index (χ0n) is 22.6. The van der Waals surface area contributed by atoms with Crippen molar-refractivity contribution in [3.05, 3.63) is 65.6 Å². The number of imidazole rings is 1. The third-order valence-corrected chi connectivity index (χ3v) is 8.04. The molecule has 3 N–H and O–H groups in total. The number of nitrogens with one attached hydrogen (secondary N) is 2. The summed E-state index contributed by atoms with van der Waals surface area (Å²) in [5.74, 6) is -6.18. The fourth-order valence-electron chi connectivity index (χ4n) is 5.65. The van der Waals surface area contributed by atoms with E-state index in [4.69, 9.17) is 4.74 Å². The van der Waals surface area contributed by atoms with Gasteiger partial charge in [-0.25, -0.2) is 23.1 Å². The van der Waals surface area contributed by atoms with Crippen LogP contribution in [0, 0.1) is 11.3 Å². The van der Waals surface area contributed by atoms with Gasteiger partial charge in [-0.15, -0.1) is 0 Å². The highest BCUT2D eigenvalue weighted by Gasteiger charge is 2.59. The molecule has 1 aliphatic carbocycles. The molecule has 43 heavy (non-hydrogen) atoms. The maximum atomic E-state index is 13.9. The van der Waals surface area contributed by atoms with Crippen molar-refractivity contribution in [2.75, 3.05) is 0 Å². The number of ether oxygens (including phenoxy) is 1. The lowest BCUT2D eigenvalue weighted by Gasteiger charge is -2.33. The minimum absolute atomic E-state index is 0.0215. The van der Waals surface area contributed by atoms with Crippen LogP contribution in [0.3, 0.4) is 0 Å². The summed E-state index contributed by atoms with van der Waals surface area (Å²) in [6, 6.07) is 7.17. The smallest absolute Gasteiger partial charge is 0.408 e. The van der Waals surface area contributed by atoms with Gasteiger partial charge < -0.3 is 20.5 Å². The number of benzene rings is 1. The fourth-order valence-corrected chi connectivity index (χ4v) is 5.65. The number of halogens is 5. The van der Waals surface area contributed by atoms with Crippen LogP contribution >= 0.6 is 0 Å². The number of hydrogen-bond donors (Lipinski definition) is 3. The predicted octanol–water partition coefficient (Wildman–Crippen LogP) is 4.59. The van der Waals surface area contributed by atoms with Crippen molar-refractivity contribution in [2.45, 2.75) is 69.3 Å².